The number of ether oxygens (including phenoxy) is 1. The molecule has 0 atom stereocenters. The first-order chi connectivity index (χ1) is 15.7. The number of pyridine rings is 1. The molecule has 0 saturated carbocycles. The van der Waals surface area contributed by atoms with Crippen molar-refractivity contribution in [2.24, 2.45) is 0 Å². The van der Waals surface area contributed by atoms with Crippen LogP contribution in [0.1, 0.15) is 48.0 Å². The molecule has 0 radical (unpaired) electrons. The Morgan fingerprint density at radius 3 is 2.56 bits per heavy atom. The predicted molar refractivity (Wildman–Crippen MR) is 123 cm³/mol. The highest BCUT2D eigenvalue weighted by Crippen LogP contribution is 2.29. The predicted octanol–water partition coefficient (Wildman–Crippen LogP) is 4.33. The lowest BCUT2D eigenvalue weighted by Crippen LogP contribution is -2.07. The van der Waals surface area contributed by atoms with Crippen LogP contribution in [0.25, 0.3) is 17.1 Å². The Morgan fingerprint density at radius 1 is 1.00 bits per heavy atom. The number of rotatable bonds is 6. The summed E-state index contributed by atoms with van der Waals surface area (Å²) in [5.74, 6) is 0.526. The van der Waals surface area contributed by atoms with E-state index in [-0.39, 0.29) is 0 Å². The molecule has 164 valence electrons. The summed E-state index contributed by atoms with van der Waals surface area (Å²) < 4.78 is 9.82. The summed E-state index contributed by atoms with van der Waals surface area (Å²) in [6.45, 7) is 5.15. The van der Waals surface area contributed by atoms with Crippen LogP contribution < -0.4 is 4.74 Å². The lowest BCUT2D eigenvalue weighted by molar-refractivity contribution is 0.396. The van der Waals surface area contributed by atoms with Crippen molar-refractivity contribution in [3.63, 3.8) is 0 Å². The SMILES string of the molecule is CCn1cc2c(c1Cc1ccc(-c3ccc(-n4cnc(C)c4)c(OC)n3)nn1)CCCC2. The minimum Gasteiger partial charge on any atom is -0.479 e. The molecular formula is C25H28N6O. The van der Waals surface area contributed by atoms with E-state index in [1.165, 1.54) is 42.5 Å². The number of fused-ring (bicyclic) bond motifs is 1. The molecule has 5 rings (SSSR count). The van der Waals surface area contributed by atoms with Gasteiger partial charge in [-0.3, -0.25) is 0 Å². The van der Waals surface area contributed by atoms with Crippen LogP contribution in [0.5, 0.6) is 5.88 Å². The van der Waals surface area contributed by atoms with Crippen molar-refractivity contribution in [3.8, 4) is 23.0 Å². The summed E-state index contributed by atoms with van der Waals surface area (Å²) in [5, 5.41) is 9.02. The van der Waals surface area contributed by atoms with Crippen LogP contribution in [0.4, 0.5) is 0 Å². The molecule has 0 saturated heterocycles. The fourth-order valence-corrected chi connectivity index (χ4v) is 4.57. The monoisotopic (exact) mass is 428 g/mol. The first-order valence-corrected chi connectivity index (χ1v) is 11.2. The highest BCUT2D eigenvalue weighted by Gasteiger charge is 2.19. The minimum absolute atomic E-state index is 0.526. The minimum atomic E-state index is 0.526. The zero-order valence-corrected chi connectivity index (χ0v) is 18.9. The Labute approximate surface area is 188 Å². The third-order valence-electron chi connectivity index (χ3n) is 6.21. The summed E-state index contributed by atoms with van der Waals surface area (Å²) in [5.41, 5.74) is 8.66. The molecule has 0 bridgehead atoms. The maximum atomic E-state index is 5.53. The van der Waals surface area contributed by atoms with E-state index in [2.05, 4.69) is 43.9 Å². The van der Waals surface area contributed by atoms with Crippen molar-refractivity contribution in [2.45, 2.75) is 52.5 Å². The van der Waals surface area contributed by atoms with Gasteiger partial charge in [-0.05, 0) is 74.9 Å². The number of aryl methyl sites for hydroxylation is 3. The largest absolute Gasteiger partial charge is 0.479 e. The van der Waals surface area contributed by atoms with Gasteiger partial charge in [0, 0.05) is 31.1 Å². The second-order valence-electron chi connectivity index (χ2n) is 8.31. The molecule has 1 aliphatic carbocycles. The third kappa shape index (κ3) is 3.79. The molecule has 4 heterocycles. The van der Waals surface area contributed by atoms with Gasteiger partial charge >= 0.3 is 0 Å². The molecule has 0 spiro atoms. The molecule has 0 unspecified atom stereocenters. The van der Waals surface area contributed by atoms with E-state index in [1.807, 2.05) is 35.9 Å². The zero-order valence-electron chi connectivity index (χ0n) is 18.9. The second kappa shape index (κ2) is 8.57. The topological polar surface area (TPSA) is 70.7 Å². The smallest absolute Gasteiger partial charge is 0.238 e. The Morgan fingerprint density at radius 2 is 1.84 bits per heavy atom. The van der Waals surface area contributed by atoms with E-state index in [9.17, 15) is 0 Å². The first-order valence-electron chi connectivity index (χ1n) is 11.2. The molecule has 0 aromatic carbocycles. The van der Waals surface area contributed by atoms with Crippen molar-refractivity contribution in [1.82, 2.24) is 29.3 Å². The van der Waals surface area contributed by atoms with E-state index in [0.717, 1.165) is 41.4 Å². The van der Waals surface area contributed by atoms with E-state index < -0.39 is 0 Å². The van der Waals surface area contributed by atoms with Crippen LogP contribution in [-0.4, -0.2) is 36.4 Å². The maximum absolute atomic E-state index is 5.53. The molecule has 4 aromatic heterocycles. The van der Waals surface area contributed by atoms with Gasteiger partial charge in [0.1, 0.15) is 11.4 Å². The van der Waals surface area contributed by atoms with Gasteiger partial charge in [0.25, 0.3) is 0 Å². The summed E-state index contributed by atoms with van der Waals surface area (Å²) in [7, 11) is 1.62. The molecule has 0 aliphatic heterocycles. The summed E-state index contributed by atoms with van der Waals surface area (Å²) >= 11 is 0. The summed E-state index contributed by atoms with van der Waals surface area (Å²) in [6, 6.07) is 7.97. The molecule has 7 nitrogen and oxygen atoms in total. The fourth-order valence-electron chi connectivity index (χ4n) is 4.57. The van der Waals surface area contributed by atoms with Gasteiger partial charge in [0.2, 0.25) is 5.88 Å². The number of hydrogen-bond donors (Lipinski definition) is 0. The summed E-state index contributed by atoms with van der Waals surface area (Å²) in [4.78, 5) is 8.94. The van der Waals surface area contributed by atoms with Crippen LogP contribution >= 0.6 is 0 Å². The Kier molecular flexibility index (Phi) is 5.47. The Hall–Kier alpha value is -3.48. The van der Waals surface area contributed by atoms with Crippen molar-refractivity contribution in [3.05, 3.63) is 71.2 Å². The normalized spacial score (nSPS) is 13.2. The first kappa shape index (κ1) is 20.4. The molecule has 32 heavy (non-hydrogen) atoms. The maximum Gasteiger partial charge on any atom is 0.238 e. The van der Waals surface area contributed by atoms with Gasteiger partial charge in [-0.2, -0.15) is 5.10 Å². The standard InChI is InChI=1S/C25H28N6O/c1-4-30-15-18-7-5-6-8-20(18)24(30)13-19-9-10-22(29-28-19)21-11-12-23(25(27-21)32-3)31-14-17(2)26-16-31/h9-12,14-16H,4-8,13H2,1-3H3. The summed E-state index contributed by atoms with van der Waals surface area (Å²) in [6.07, 6.45) is 11.8. The van der Waals surface area contributed by atoms with Crippen LogP contribution in [0.3, 0.4) is 0 Å². The van der Waals surface area contributed by atoms with E-state index in [0.29, 0.717) is 5.88 Å². The fraction of sp³-hybridized carbons (Fsp3) is 0.360. The van der Waals surface area contributed by atoms with Gasteiger partial charge in [-0.1, -0.05) is 0 Å². The highest BCUT2D eigenvalue weighted by atomic mass is 16.5. The van der Waals surface area contributed by atoms with Crippen molar-refractivity contribution in [2.75, 3.05) is 7.11 Å². The molecule has 0 amide bonds. The second-order valence-corrected chi connectivity index (χ2v) is 8.31. The van der Waals surface area contributed by atoms with Gasteiger partial charge in [0.15, 0.2) is 0 Å². The van der Waals surface area contributed by atoms with Gasteiger partial charge in [0.05, 0.1) is 30.5 Å². The van der Waals surface area contributed by atoms with Gasteiger partial charge < -0.3 is 13.9 Å². The number of methoxy groups -OCH3 is 1. The van der Waals surface area contributed by atoms with Gasteiger partial charge in [-0.15, -0.1) is 5.10 Å². The average Bonchev–Trinajstić information content (AvgIpc) is 3.42. The lowest BCUT2D eigenvalue weighted by Gasteiger charge is -2.14. The molecule has 0 N–H and O–H groups in total. The lowest BCUT2D eigenvalue weighted by atomic mass is 9.93. The van der Waals surface area contributed by atoms with Crippen molar-refractivity contribution >= 4 is 0 Å². The number of imidazole rings is 1. The van der Waals surface area contributed by atoms with E-state index in [4.69, 9.17) is 4.74 Å². The molecule has 1 aliphatic rings. The Balaban J connectivity index is 1.40. The van der Waals surface area contributed by atoms with Crippen LogP contribution in [-0.2, 0) is 25.8 Å². The van der Waals surface area contributed by atoms with Crippen molar-refractivity contribution in [1.29, 1.82) is 0 Å². The van der Waals surface area contributed by atoms with E-state index >= 15 is 0 Å². The quantitative estimate of drug-likeness (QED) is 0.457. The van der Waals surface area contributed by atoms with Crippen molar-refractivity contribution < 1.29 is 4.74 Å². The van der Waals surface area contributed by atoms with Crippen LogP contribution in [0.2, 0.25) is 0 Å². The van der Waals surface area contributed by atoms with E-state index in [1.54, 1.807) is 13.4 Å². The van der Waals surface area contributed by atoms with Crippen LogP contribution in [0, 0.1) is 6.92 Å². The molecule has 4 aromatic rings. The number of aromatic nitrogens is 6. The zero-order chi connectivity index (χ0) is 22.1. The molecule has 0 fully saturated rings. The molecule has 7 heteroatoms. The molecular weight excluding hydrogens is 400 g/mol. The Bertz CT molecular complexity index is 1240. The van der Waals surface area contributed by atoms with Gasteiger partial charge in [-0.25, -0.2) is 9.97 Å². The number of nitrogens with zero attached hydrogens (tertiary/aromatic N) is 6. The average molecular weight is 429 g/mol. The number of hydrogen-bond acceptors (Lipinski definition) is 5. The third-order valence-corrected chi connectivity index (χ3v) is 6.21. The van der Waals surface area contributed by atoms with Crippen LogP contribution in [0.15, 0.2) is 43.0 Å². The highest BCUT2D eigenvalue weighted by molar-refractivity contribution is 5.58.